The first kappa shape index (κ1) is 8.52. The van der Waals surface area contributed by atoms with Crippen molar-refractivity contribution in [3.8, 4) is 0 Å². The smallest absolute Gasteiger partial charge is 0.419 e. The van der Waals surface area contributed by atoms with E-state index in [4.69, 9.17) is 4.74 Å². The summed E-state index contributed by atoms with van der Waals surface area (Å²) in [6.45, 7) is 2.17. The molecule has 0 aliphatic carbocycles. The number of hydrogen-bond acceptors (Lipinski definition) is 3. The highest BCUT2D eigenvalue weighted by Crippen LogP contribution is 1.89. The van der Waals surface area contributed by atoms with Crippen LogP contribution in [0.15, 0.2) is 30.9 Å². The van der Waals surface area contributed by atoms with Gasteiger partial charge in [0.2, 0.25) is 0 Å². The minimum atomic E-state index is -0.411. The molecule has 0 atom stereocenters. The van der Waals surface area contributed by atoms with Crippen molar-refractivity contribution in [2.24, 2.45) is 0 Å². The second kappa shape index (κ2) is 4.33. The molecule has 0 N–H and O–H groups in total. The van der Waals surface area contributed by atoms with Crippen LogP contribution in [0.1, 0.15) is 6.92 Å². The molecule has 64 valence electrons. The fourth-order valence-electron chi connectivity index (χ4n) is 0.657. The molecule has 12 heavy (non-hydrogen) atoms. The summed E-state index contributed by atoms with van der Waals surface area (Å²) in [5, 5.41) is 0. The quantitative estimate of drug-likeness (QED) is 0.624. The highest BCUT2D eigenvalue weighted by molar-refractivity contribution is 5.70. The van der Waals surface area contributed by atoms with E-state index in [-0.39, 0.29) is 0 Å². The molecular weight excluding hydrogens is 156 g/mol. The van der Waals surface area contributed by atoms with Crippen LogP contribution in [-0.4, -0.2) is 22.3 Å². The fourth-order valence-corrected chi connectivity index (χ4v) is 0.657. The van der Waals surface area contributed by atoms with Crippen molar-refractivity contribution in [3.05, 3.63) is 30.9 Å². The Morgan fingerprint density at radius 3 is 3.17 bits per heavy atom. The molecule has 0 aliphatic heterocycles. The van der Waals surface area contributed by atoms with Crippen LogP contribution < -0.4 is 0 Å². The van der Waals surface area contributed by atoms with Crippen molar-refractivity contribution >= 4 is 6.09 Å². The Morgan fingerprint density at radius 1 is 1.75 bits per heavy atom. The summed E-state index contributed by atoms with van der Waals surface area (Å²) in [4.78, 5) is 14.8. The molecule has 4 nitrogen and oxygen atoms in total. The van der Waals surface area contributed by atoms with Gasteiger partial charge in [-0.1, -0.05) is 12.2 Å². The summed E-state index contributed by atoms with van der Waals surface area (Å²) in [5.74, 6) is 0. The van der Waals surface area contributed by atoms with E-state index in [1.54, 1.807) is 6.08 Å². The number of rotatable bonds is 2. The molecule has 4 heteroatoms. The van der Waals surface area contributed by atoms with Crippen LogP contribution in [-0.2, 0) is 4.74 Å². The second-order valence-corrected chi connectivity index (χ2v) is 2.12. The first-order chi connectivity index (χ1) is 5.84. The van der Waals surface area contributed by atoms with E-state index in [0.717, 1.165) is 0 Å². The molecule has 0 aliphatic rings. The molecule has 0 radical (unpaired) electrons. The summed E-state index contributed by atoms with van der Waals surface area (Å²) < 4.78 is 6.11. The Labute approximate surface area is 70.5 Å². The van der Waals surface area contributed by atoms with Crippen molar-refractivity contribution in [3.63, 3.8) is 0 Å². The zero-order chi connectivity index (χ0) is 8.81. The van der Waals surface area contributed by atoms with E-state index >= 15 is 0 Å². The van der Waals surface area contributed by atoms with Crippen LogP contribution in [0.5, 0.6) is 0 Å². The number of nitrogens with zero attached hydrogens (tertiary/aromatic N) is 2. The lowest BCUT2D eigenvalue weighted by Crippen LogP contribution is -2.11. The van der Waals surface area contributed by atoms with Crippen LogP contribution >= 0.6 is 0 Å². The molecule has 0 saturated heterocycles. The van der Waals surface area contributed by atoms with Gasteiger partial charge >= 0.3 is 6.09 Å². The third-order valence-corrected chi connectivity index (χ3v) is 1.25. The zero-order valence-corrected chi connectivity index (χ0v) is 6.80. The predicted octanol–water partition coefficient (Wildman–Crippen LogP) is 1.44. The highest BCUT2D eigenvalue weighted by atomic mass is 16.5. The molecule has 0 unspecified atom stereocenters. The Bertz CT molecular complexity index is 265. The van der Waals surface area contributed by atoms with Crippen molar-refractivity contribution < 1.29 is 9.53 Å². The average Bonchev–Trinajstić information content (AvgIpc) is 2.56. The first-order valence-corrected chi connectivity index (χ1v) is 3.61. The number of carbonyl (C=O) groups excluding carboxylic acids is 1. The summed E-state index contributed by atoms with van der Waals surface area (Å²) in [6.07, 6.45) is 7.63. The van der Waals surface area contributed by atoms with Gasteiger partial charge in [-0.3, -0.25) is 0 Å². The first-order valence-electron chi connectivity index (χ1n) is 3.61. The predicted molar refractivity (Wildman–Crippen MR) is 43.8 cm³/mol. The van der Waals surface area contributed by atoms with E-state index in [9.17, 15) is 4.79 Å². The van der Waals surface area contributed by atoms with Gasteiger partial charge < -0.3 is 4.74 Å². The maximum Gasteiger partial charge on any atom is 0.419 e. The van der Waals surface area contributed by atoms with Gasteiger partial charge in [0.15, 0.2) is 0 Å². The third kappa shape index (κ3) is 2.23. The van der Waals surface area contributed by atoms with Crippen molar-refractivity contribution in [1.29, 1.82) is 0 Å². The van der Waals surface area contributed by atoms with Gasteiger partial charge in [-0.05, 0) is 6.92 Å². The Morgan fingerprint density at radius 2 is 2.58 bits per heavy atom. The van der Waals surface area contributed by atoms with E-state index in [1.165, 1.54) is 23.3 Å². The van der Waals surface area contributed by atoms with Gasteiger partial charge in [0.1, 0.15) is 12.9 Å². The normalized spacial score (nSPS) is 10.4. The van der Waals surface area contributed by atoms with Crippen molar-refractivity contribution in [2.45, 2.75) is 6.92 Å². The van der Waals surface area contributed by atoms with Gasteiger partial charge in [-0.2, -0.15) is 0 Å². The van der Waals surface area contributed by atoms with Crippen LogP contribution in [0.4, 0.5) is 4.79 Å². The summed E-state index contributed by atoms with van der Waals surface area (Å²) in [5.41, 5.74) is 0. The number of allylic oxidation sites excluding steroid dienone is 1. The molecule has 0 spiro atoms. The molecular formula is C8H10N2O2. The number of hydrogen-bond donors (Lipinski definition) is 0. The number of carbonyl (C=O) groups is 1. The Balaban J connectivity index is 2.40. The highest BCUT2D eigenvalue weighted by Gasteiger charge is 2.01. The van der Waals surface area contributed by atoms with Crippen LogP contribution in [0, 0.1) is 0 Å². The molecule has 0 aromatic carbocycles. The SMILES string of the molecule is C/C=C/COC(=O)n1ccnc1. The number of aromatic nitrogens is 2. The maximum atomic E-state index is 11.0. The van der Waals surface area contributed by atoms with Gasteiger partial charge in [0, 0.05) is 12.4 Å². The maximum absolute atomic E-state index is 11.0. The molecule has 1 heterocycles. The van der Waals surface area contributed by atoms with Crippen LogP contribution in [0.2, 0.25) is 0 Å². The molecule has 0 amide bonds. The topological polar surface area (TPSA) is 44.1 Å². The van der Waals surface area contributed by atoms with Crippen LogP contribution in [0.3, 0.4) is 0 Å². The van der Waals surface area contributed by atoms with E-state index in [1.807, 2.05) is 13.0 Å². The Kier molecular flexibility index (Phi) is 3.07. The lowest BCUT2D eigenvalue weighted by Gasteiger charge is -1.99. The molecule has 0 bridgehead atoms. The molecule has 0 fully saturated rings. The van der Waals surface area contributed by atoms with Gasteiger partial charge in [-0.15, -0.1) is 0 Å². The lowest BCUT2D eigenvalue weighted by molar-refractivity contribution is 0.160. The monoisotopic (exact) mass is 166 g/mol. The summed E-state index contributed by atoms with van der Waals surface area (Å²) >= 11 is 0. The Hall–Kier alpha value is -1.58. The molecule has 1 aromatic rings. The minimum absolute atomic E-state index is 0.299. The largest absolute Gasteiger partial charge is 0.445 e. The van der Waals surface area contributed by atoms with Crippen LogP contribution in [0.25, 0.3) is 0 Å². The fraction of sp³-hybridized carbons (Fsp3) is 0.250. The lowest BCUT2D eigenvalue weighted by atomic mass is 10.6. The molecule has 1 rings (SSSR count). The van der Waals surface area contributed by atoms with Gasteiger partial charge in [-0.25, -0.2) is 14.3 Å². The second-order valence-electron chi connectivity index (χ2n) is 2.12. The van der Waals surface area contributed by atoms with Crippen molar-refractivity contribution in [2.75, 3.05) is 6.61 Å². The van der Waals surface area contributed by atoms with Gasteiger partial charge in [0.05, 0.1) is 0 Å². The van der Waals surface area contributed by atoms with E-state index in [2.05, 4.69) is 4.98 Å². The summed E-state index contributed by atoms with van der Waals surface area (Å²) in [7, 11) is 0. The van der Waals surface area contributed by atoms with E-state index in [0.29, 0.717) is 6.61 Å². The third-order valence-electron chi connectivity index (χ3n) is 1.25. The minimum Gasteiger partial charge on any atom is -0.445 e. The zero-order valence-electron chi connectivity index (χ0n) is 6.80. The standard InChI is InChI=1S/C8H10N2O2/c1-2-3-6-12-8(11)10-5-4-9-7-10/h2-5,7H,6H2,1H3/b3-2+. The molecule has 0 saturated carbocycles. The van der Waals surface area contributed by atoms with E-state index < -0.39 is 6.09 Å². The molecule has 1 aromatic heterocycles. The van der Waals surface area contributed by atoms with Crippen molar-refractivity contribution in [1.82, 2.24) is 9.55 Å². The number of imidazole rings is 1. The average molecular weight is 166 g/mol. The summed E-state index contributed by atoms with van der Waals surface area (Å²) in [6, 6.07) is 0. The number of ether oxygens (including phenoxy) is 1. The van der Waals surface area contributed by atoms with Gasteiger partial charge in [0.25, 0.3) is 0 Å².